The van der Waals surface area contributed by atoms with Crippen LogP contribution in [0.25, 0.3) is 0 Å². The molecule has 2 N–H and O–H groups in total. The smallest absolute Gasteiger partial charge is 0.263 e. The Morgan fingerprint density at radius 3 is 2.94 bits per heavy atom. The van der Waals surface area contributed by atoms with Crippen LogP contribution in [0.2, 0.25) is 0 Å². The number of nitrogens with zero attached hydrogens (tertiary/aromatic N) is 1. The minimum Gasteiger partial charge on any atom is -0.396 e. The summed E-state index contributed by atoms with van der Waals surface area (Å²) in [4.78, 5) is 16.5. The van der Waals surface area contributed by atoms with Gasteiger partial charge in [-0.05, 0) is 19.3 Å². The summed E-state index contributed by atoms with van der Waals surface area (Å²) >= 11 is 1.36. The third kappa shape index (κ3) is 3.57. The predicted octanol–water partition coefficient (Wildman–Crippen LogP) is 1.59. The molecule has 1 aromatic rings. The van der Waals surface area contributed by atoms with Crippen LogP contribution in [-0.4, -0.2) is 29.1 Å². The second-order valence-corrected chi connectivity index (χ2v) is 4.62. The van der Waals surface area contributed by atoms with E-state index in [1.165, 1.54) is 11.3 Å². The van der Waals surface area contributed by atoms with Gasteiger partial charge < -0.3 is 10.4 Å². The van der Waals surface area contributed by atoms with Crippen molar-refractivity contribution in [2.45, 2.75) is 26.7 Å². The van der Waals surface area contributed by atoms with Gasteiger partial charge in [0.15, 0.2) is 0 Å². The number of thiazole rings is 1. The van der Waals surface area contributed by atoms with Crippen LogP contribution in [0.4, 0.5) is 0 Å². The van der Waals surface area contributed by atoms with Gasteiger partial charge in [0.1, 0.15) is 4.88 Å². The van der Waals surface area contributed by atoms with Crippen molar-refractivity contribution in [3.8, 4) is 0 Å². The Morgan fingerprint density at radius 2 is 2.44 bits per heavy atom. The average molecular weight is 242 g/mol. The Labute approximate surface area is 99.7 Å². The van der Waals surface area contributed by atoms with Crippen molar-refractivity contribution in [2.75, 3.05) is 13.2 Å². The maximum Gasteiger partial charge on any atom is 0.263 e. The maximum absolute atomic E-state index is 11.7. The minimum absolute atomic E-state index is 0.0589. The molecule has 0 bridgehead atoms. The molecule has 0 saturated carbocycles. The van der Waals surface area contributed by atoms with Gasteiger partial charge in [-0.3, -0.25) is 4.79 Å². The maximum atomic E-state index is 11.7. The molecule has 1 aromatic heterocycles. The highest BCUT2D eigenvalue weighted by atomic mass is 32.1. The van der Waals surface area contributed by atoms with E-state index in [1.54, 1.807) is 5.51 Å². The number of aliphatic hydroxyl groups excluding tert-OH is 1. The van der Waals surface area contributed by atoms with Crippen molar-refractivity contribution in [1.82, 2.24) is 10.3 Å². The van der Waals surface area contributed by atoms with Crippen LogP contribution in [0.5, 0.6) is 0 Å². The van der Waals surface area contributed by atoms with Crippen LogP contribution in [0.15, 0.2) is 5.51 Å². The zero-order valence-electron chi connectivity index (χ0n) is 9.69. The lowest BCUT2D eigenvalue weighted by atomic mass is 10.0. The van der Waals surface area contributed by atoms with Crippen molar-refractivity contribution in [1.29, 1.82) is 0 Å². The molecule has 0 spiro atoms. The van der Waals surface area contributed by atoms with Gasteiger partial charge in [-0.1, -0.05) is 13.3 Å². The van der Waals surface area contributed by atoms with E-state index in [-0.39, 0.29) is 12.5 Å². The fourth-order valence-corrected chi connectivity index (χ4v) is 2.19. The summed E-state index contributed by atoms with van der Waals surface area (Å²) in [5, 5.41) is 11.7. The lowest BCUT2D eigenvalue weighted by Crippen LogP contribution is -2.29. The van der Waals surface area contributed by atoms with Crippen LogP contribution in [0, 0.1) is 12.8 Å². The van der Waals surface area contributed by atoms with Crippen molar-refractivity contribution in [3.05, 3.63) is 16.1 Å². The zero-order chi connectivity index (χ0) is 12.0. The minimum atomic E-state index is -0.0589. The fourth-order valence-electron chi connectivity index (χ4n) is 1.47. The standard InChI is InChI=1S/C11H18N2O2S/c1-3-9(4-5-14)6-12-11(15)10-8(2)13-7-16-10/h7,9,14H,3-6H2,1-2H3,(H,12,15). The topological polar surface area (TPSA) is 62.2 Å². The van der Waals surface area contributed by atoms with E-state index in [0.29, 0.717) is 17.3 Å². The van der Waals surface area contributed by atoms with Gasteiger partial charge in [0.2, 0.25) is 0 Å². The number of aryl methyl sites for hydroxylation is 1. The highest BCUT2D eigenvalue weighted by Gasteiger charge is 2.13. The summed E-state index contributed by atoms with van der Waals surface area (Å²) in [5.41, 5.74) is 2.45. The second kappa shape index (κ2) is 6.60. The van der Waals surface area contributed by atoms with Gasteiger partial charge in [-0.15, -0.1) is 11.3 Å². The van der Waals surface area contributed by atoms with Gasteiger partial charge in [0, 0.05) is 13.2 Å². The van der Waals surface area contributed by atoms with E-state index in [1.807, 2.05) is 6.92 Å². The summed E-state index contributed by atoms with van der Waals surface area (Å²) in [5.74, 6) is 0.290. The Morgan fingerprint density at radius 1 is 1.69 bits per heavy atom. The first-order valence-electron chi connectivity index (χ1n) is 5.48. The molecule has 0 saturated heterocycles. The van der Waals surface area contributed by atoms with Crippen LogP contribution in [0.1, 0.15) is 35.1 Å². The summed E-state index contributed by atoms with van der Waals surface area (Å²) in [6.45, 7) is 4.68. The third-order valence-electron chi connectivity index (χ3n) is 2.62. The quantitative estimate of drug-likeness (QED) is 0.796. The Kier molecular flexibility index (Phi) is 5.42. The van der Waals surface area contributed by atoms with Gasteiger partial charge >= 0.3 is 0 Å². The van der Waals surface area contributed by atoms with E-state index in [9.17, 15) is 4.79 Å². The first kappa shape index (κ1) is 13.1. The van der Waals surface area contributed by atoms with Crippen LogP contribution < -0.4 is 5.32 Å². The molecule has 16 heavy (non-hydrogen) atoms. The molecular formula is C11H18N2O2S. The van der Waals surface area contributed by atoms with Crippen molar-refractivity contribution in [3.63, 3.8) is 0 Å². The predicted molar refractivity (Wildman–Crippen MR) is 64.7 cm³/mol. The summed E-state index contributed by atoms with van der Waals surface area (Å²) in [6.07, 6.45) is 1.70. The van der Waals surface area contributed by atoms with Crippen molar-refractivity contribution >= 4 is 17.2 Å². The number of aliphatic hydroxyl groups is 1. The van der Waals surface area contributed by atoms with Crippen molar-refractivity contribution < 1.29 is 9.90 Å². The van der Waals surface area contributed by atoms with Gasteiger partial charge in [0.05, 0.1) is 11.2 Å². The fraction of sp³-hybridized carbons (Fsp3) is 0.636. The number of nitrogens with one attached hydrogen (secondary N) is 1. The lowest BCUT2D eigenvalue weighted by molar-refractivity contribution is 0.0947. The Hall–Kier alpha value is -0.940. The molecule has 0 radical (unpaired) electrons. The number of hydrogen-bond donors (Lipinski definition) is 2. The number of carbonyl (C=O) groups excluding carboxylic acids is 1. The SMILES string of the molecule is CCC(CCO)CNC(=O)c1scnc1C. The molecule has 90 valence electrons. The molecule has 5 heteroatoms. The first-order valence-corrected chi connectivity index (χ1v) is 6.36. The molecule has 0 aliphatic carbocycles. The molecule has 0 aromatic carbocycles. The Balaban J connectivity index is 2.43. The first-order chi connectivity index (χ1) is 7.69. The molecule has 0 fully saturated rings. The van der Waals surface area contributed by atoms with Crippen LogP contribution >= 0.6 is 11.3 Å². The van der Waals surface area contributed by atoms with Crippen LogP contribution in [0.3, 0.4) is 0 Å². The summed E-state index contributed by atoms with van der Waals surface area (Å²) < 4.78 is 0. The molecule has 1 atom stereocenters. The van der Waals surface area contributed by atoms with E-state index < -0.39 is 0 Å². The largest absolute Gasteiger partial charge is 0.396 e. The number of carbonyl (C=O) groups is 1. The lowest BCUT2D eigenvalue weighted by Gasteiger charge is -2.13. The third-order valence-corrected chi connectivity index (χ3v) is 3.55. The summed E-state index contributed by atoms with van der Waals surface area (Å²) in [7, 11) is 0. The molecule has 1 amide bonds. The molecular weight excluding hydrogens is 224 g/mol. The van der Waals surface area contributed by atoms with Gasteiger partial charge in [0.25, 0.3) is 5.91 Å². The highest BCUT2D eigenvalue weighted by molar-refractivity contribution is 7.11. The Bertz CT molecular complexity index is 338. The van der Waals surface area contributed by atoms with E-state index >= 15 is 0 Å². The number of rotatable bonds is 6. The molecule has 1 heterocycles. The van der Waals surface area contributed by atoms with E-state index in [4.69, 9.17) is 5.11 Å². The molecule has 1 unspecified atom stereocenters. The van der Waals surface area contributed by atoms with E-state index in [0.717, 1.165) is 18.5 Å². The number of hydrogen-bond acceptors (Lipinski definition) is 4. The second-order valence-electron chi connectivity index (χ2n) is 3.76. The molecule has 1 rings (SSSR count). The molecule has 4 nitrogen and oxygen atoms in total. The zero-order valence-corrected chi connectivity index (χ0v) is 10.5. The molecule has 0 aliphatic heterocycles. The summed E-state index contributed by atoms with van der Waals surface area (Å²) in [6, 6.07) is 0. The van der Waals surface area contributed by atoms with Gasteiger partial charge in [-0.25, -0.2) is 4.98 Å². The van der Waals surface area contributed by atoms with Crippen molar-refractivity contribution in [2.24, 2.45) is 5.92 Å². The molecule has 0 aliphatic rings. The number of amides is 1. The normalized spacial score (nSPS) is 12.4. The highest BCUT2D eigenvalue weighted by Crippen LogP contribution is 2.12. The number of aromatic nitrogens is 1. The van der Waals surface area contributed by atoms with Crippen LogP contribution in [-0.2, 0) is 0 Å². The monoisotopic (exact) mass is 242 g/mol. The average Bonchev–Trinajstić information content (AvgIpc) is 2.70. The van der Waals surface area contributed by atoms with Gasteiger partial charge in [-0.2, -0.15) is 0 Å². The van der Waals surface area contributed by atoms with E-state index in [2.05, 4.69) is 17.2 Å².